The molecule has 2 amide bonds. The molecule has 1 atom stereocenters. The molecule has 4 rings (SSSR count). The fourth-order valence-corrected chi connectivity index (χ4v) is 4.40. The summed E-state index contributed by atoms with van der Waals surface area (Å²) in [5, 5.41) is 15.1. The molecule has 3 aromatic rings. The number of phenolic OH excluding ortho intramolecular Hbond substituents is 1. The van der Waals surface area contributed by atoms with E-state index in [1.54, 1.807) is 30.3 Å². The third-order valence-electron chi connectivity index (χ3n) is 6.13. The number of likely N-dealkylation sites (tertiary alicyclic amines) is 1. The van der Waals surface area contributed by atoms with Gasteiger partial charge in [0.1, 0.15) is 17.5 Å². The first-order chi connectivity index (χ1) is 15.4. The highest BCUT2D eigenvalue weighted by molar-refractivity contribution is 6.05. The lowest BCUT2D eigenvalue weighted by molar-refractivity contribution is -0.125. The van der Waals surface area contributed by atoms with Crippen LogP contribution in [0.1, 0.15) is 40.0 Å². The van der Waals surface area contributed by atoms with Crippen LogP contribution in [0.15, 0.2) is 42.6 Å². The molecule has 0 bridgehead atoms. The predicted molar refractivity (Wildman–Crippen MR) is 122 cm³/mol. The van der Waals surface area contributed by atoms with Gasteiger partial charge in [-0.15, -0.1) is 0 Å². The predicted octanol–water partition coefficient (Wildman–Crippen LogP) is 3.49. The molecule has 7 nitrogen and oxygen atoms in total. The molecule has 2 heterocycles. The van der Waals surface area contributed by atoms with Crippen LogP contribution in [0.25, 0.3) is 10.8 Å². The fraction of sp³-hybridized carbons (Fsp3) is 0.320. The number of aromatic nitrogens is 1. The molecule has 0 aliphatic carbocycles. The number of pyridine rings is 1. The van der Waals surface area contributed by atoms with E-state index in [1.165, 1.54) is 0 Å². The molecule has 1 aliphatic rings. The van der Waals surface area contributed by atoms with Crippen LogP contribution in [0.2, 0.25) is 0 Å². The van der Waals surface area contributed by atoms with Crippen LogP contribution in [0, 0.1) is 13.8 Å². The van der Waals surface area contributed by atoms with Gasteiger partial charge in [0, 0.05) is 29.3 Å². The zero-order valence-corrected chi connectivity index (χ0v) is 18.5. The molecule has 166 valence electrons. The van der Waals surface area contributed by atoms with Crippen LogP contribution in [0.4, 0.5) is 0 Å². The highest BCUT2D eigenvalue weighted by Crippen LogP contribution is 2.31. The van der Waals surface area contributed by atoms with Crippen LogP contribution >= 0.6 is 0 Å². The van der Waals surface area contributed by atoms with Crippen molar-refractivity contribution in [2.75, 3.05) is 13.7 Å². The Morgan fingerprint density at radius 1 is 1.22 bits per heavy atom. The summed E-state index contributed by atoms with van der Waals surface area (Å²) >= 11 is 0. The van der Waals surface area contributed by atoms with Gasteiger partial charge in [-0.05, 0) is 38.1 Å². The summed E-state index contributed by atoms with van der Waals surface area (Å²) in [4.78, 5) is 32.2. The lowest BCUT2D eigenvalue weighted by Gasteiger charge is -2.25. The highest BCUT2D eigenvalue weighted by atomic mass is 16.5. The summed E-state index contributed by atoms with van der Waals surface area (Å²) < 4.78 is 5.43. The number of benzene rings is 2. The van der Waals surface area contributed by atoms with E-state index in [2.05, 4.69) is 10.3 Å². The molecule has 1 fully saturated rings. The summed E-state index contributed by atoms with van der Waals surface area (Å²) in [6.45, 7) is 4.56. The Hall–Kier alpha value is -3.61. The summed E-state index contributed by atoms with van der Waals surface area (Å²) in [5.74, 6) is 0.147. The first-order valence-electron chi connectivity index (χ1n) is 10.7. The Morgan fingerprint density at radius 2 is 2.00 bits per heavy atom. The van der Waals surface area contributed by atoms with E-state index in [0.29, 0.717) is 18.4 Å². The van der Waals surface area contributed by atoms with E-state index in [-0.39, 0.29) is 29.7 Å². The summed E-state index contributed by atoms with van der Waals surface area (Å²) in [6, 6.07) is 10.2. The second kappa shape index (κ2) is 8.86. The minimum Gasteiger partial charge on any atom is -0.506 e. The Kier molecular flexibility index (Phi) is 5.99. The number of aryl methyl sites for hydroxylation is 1. The summed E-state index contributed by atoms with van der Waals surface area (Å²) in [7, 11) is 1.61. The minimum absolute atomic E-state index is 0.0502. The smallest absolute Gasteiger partial charge is 0.258 e. The van der Waals surface area contributed by atoms with Gasteiger partial charge >= 0.3 is 0 Å². The van der Waals surface area contributed by atoms with Gasteiger partial charge in [0.15, 0.2) is 0 Å². The average molecular weight is 434 g/mol. The lowest BCUT2D eigenvalue weighted by atomic mass is 10.0. The number of aromatic hydroxyl groups is 1. The number of ether oxygens (including phenoxy) is 1. The summed E-state index contributed by atoms with van der Waals surface area (Å²) in [6.07, 6.45) is 3.03. The number of methoxy groups -OCH3 is 1. The zero-order chi connectivity index (χ0) is 22.8. The Bertz CT molecular complexity index is 1190. The maximum atomic E-state index is 13.2. The number of phenols is 1. The largest absolute Gasteiger partial charge is 0.506 e. The third kappa shape index (κ3) is 3.86. The number of nitrogens with zero attached hydrogens (tertiary/aromatic N) is 2. The van der Waals surface area contributed by atoms with Crippen molar-refractivity contribution in [2.24, 2.45) is 0 Å². The van der Waals surface area contributed by atoms with Crippen molar-refractivity contribution < 1.29 is 19.4 Å². The Balaban J connectivity index is 1.51. The van der Waals surface area contributed by atoms with Gasteiger partial charge in [0.05, 0.1) is 24.9 Å². The molecular formula is C25H27N3O4. The van der Waals surface area contributed by atoms with E-state index < -0.39 is 6.04 Å². The molecule has 1 aromatic heterocycles. The van der Waals surface area contributed by atoms with Crippen molar-refractivity contribution in [1.82, 2.24) is 15.2 Å². The number of rotatable bonds is 5. The number of nitrogens with one attached hydrogen (secondary N) is 1. The van der Waals surface area contributed by atoms with Gasteiger partial charge in [0.2, 0.25) is 5.91 Å². The van der Waals surface area contributed by atoms with Crippen LogP contribution in [0.3, 0.4) is 0 Å². The first kappa shape index (κ1) is 21.6. The second-order valence-electron chi connectivity index (χ2n) is 8.10. The number of carbonyl (C=O) groups excluding carboxylic acids is 2. The molecular weight excluding hydrogens is 406 g/mol. The van der Waals surface area contributed by atoms with Crippen molar-refractivity contribution >= 4 is 22.6 Å². The molecule has 32 heavy (non-hydrogen) atoms. The Labute approximate surface area is 187 Å². The van der Waals surface area contributed by atoms with Crippen molar-refractivity contribution in [3.05, 3.63) is 65.0 Å². The van der Waals surface area contributed by atoms with Gasteiger partial charge in [-0.3, -0.25) is 14.6 Å². The first-order valence-corrected chi connectivity index (χ1v) is 10.7. The number of hydrogen-bond donors (Lipinski definition) is 2. The third-order valence-corrected chi connectivity index (χ3v) is 6.13. The normalized spacial score (nSPS) is 15.7. The molecule has 2 aromatic carbocycles. The van der Waals surface area contributed by atoms with E-state index in [1.807, 2.05) is 38.1 Å². The molecule has 0 saturated carbocycles. The molecule has 1 aliphatic heterocycles. The van der Waals surface area contributed by atoms with Crippen LogP contribution in [-0.4, -0.2) is 46.5 Å². The highest BCUT2D eigenvalue weighted by Gasteiger charge is 2.35. The van der Waals surface area contributed by atoms with Crippen molar-refractivity contribution in [1.29, 1.82) is 0 Å². The molecule has 2 N–H and O–H groups in total. The summed E-state index contributed by atoms with van der Waals surface area (Å²) in [5.41, 5.74) is 2.75. The monoisotopic (exact) mass is 433 g/mol. The zero-order valence-electron chi connectivity index (χ0n) is 18.5. The maximum Gasteiger partial charge on any atom is 0.258 e. The van der Waals surface area contributed by atoms with Crippen LogP contribution < -0.4 is 10.1 Å². The van der Waals surface area contributed by atoms with Gasteiger partial charge < -0.3 is 20.1 Å². The quantitative estimate of drug-likeness (QED) is 0.643. The molecule has 7 heteroatoms. The molecule has 0 spiro atoms. The fourth-order valence-electron chi connectivity index (χ4n) is 4.40. The van der Waals surface area contributed by atoms with Gasteiger partial charge in [0.25, 0.3) is 5.91 Å². The Morgan fingerprint density at radius 3 is 2.78 bits per heavy atom. The van der Waals surface area contributed by atoms with E-state index >= 15 is 0 Å². The van der Waals surface area contributed by atoms with Crippen LogP contribution in [0.5, 0.6) is 11.5 Å². The van der Waals surface area contributed by atoms with Gasteiger partial charge in [-0.25, -0.2) is 0 Å². The van der Waals surface area contributed by atoms with Crippen molar-refractivity contribution in [2.45, 2.75) is 39.3 Å². The second-order valence-corrected chi connectivity index (χ2v) is 8.10. The average Bonchev–Trinajstić information content (AvgIpc) is 3.29. The van der Waals surface area contributed by atoms with Crippen molar-refractivity contribution in [3.8, 4) is 11.5 Å². The molecule has 1 saturated heterocycles. The van der Waals surface area contributed by atoms with E-state index in [4.69, 9.17) is 4.74 Å². The number of fused-ring (bicyclic) bond motifs is 1. The van der Waals surface area contributed by atoms with Gasteiger partial charge in [-0.2, -0.15) is 0 Å². The number of carbonyl (C=O) groups is 2. The van der Waals surface area contributed by atoms with Crippen molar-refractivity contribution in [3.63, 3.8) is 0 Å². The topological polar surface area (TPSA) is 91.8 Å². The number of amides is 2. The van der Waals surface area contributed by atoms with E-state index in [9.17, 15) is 14.7 Å². The van der Waals surface area contributed by atoms with E-state index in [0.717, 1.165) is 34.4 Å². The molecule has 1 unspecified atom stereocenters. The minimum atomic E-state index is -0.582. The van der Waals surface area contributed by atoms with Crippen LogP contribution in [-0.2, 0) is 11.3 Å². The number of hydrogen-bond acceptors (Lipinski definition) is 5. The van der Waals surface area contributed by atoms with Gasteiger partial charge in [-0.1, -0.05) is 30.3 Å². The molecule has 0 radical (unpaired) electrons. The standard InChI is InChI=1S/C25H27N3O4/c1-15-13-26-20(16(2)23(15)32-3)14-27-24(30)21-9-6-12-28(21)25(31)19-11-10-17-7-4-5-8-18(17)22(19)29/h4-5,7-8,10-11,13,21,29H,6,9,12,14H2,1-3H3,(H,27,30). The lowest BCUT2D eigenvalue weighted by Crippen LogP contribution is -2.45. The maximum absolute atomic E-state index is 13.2. The SMILES string of the molecule is COc1c(C)cnc(CNC(=O)C2CCCN2C(=O)c2ccc3ccccc3c2O)c1C.